The summed E-state index contributed by atoms with van der Waals surface area (Å²) in [6, 6.07) is 10.7. The Morgan fingerprint density at radius 3 is 2.28 bits per heavy atom. The van der Waals surface area contributed by atoms with Crippen molar-refractivity contribution in [3.8, 4) is 5.75 Å². The van der Waals surface area contributed by atoms with Gasteiger partial charge in [-0.3, -0.25) is 4.79 Å². The van der Waals surface area contributed by atoms with Crippen molar-refractivity contribution in [3.63, 3.8) is 0 Å². The first-order chi connectivity index (χ1) is 11.7. The van der Waals surface area contributed by atoms with Crippen LogP contribution >= 0.6 is 11.6 Å². The Bertz CT molecular complexity index is 861. The minimum Gasteiger partial charge on any atom is -0.494 e. The second kappa shape index (κ2) is 7.99. The van der Waals surface area contributed by atoms with E-state index in [0.29, 0.717) is 23.8 Å². The number of primary sulfonamides is 1. The van der Waals surface area contributed by atoms with Crippen molar-refractivity contribution >= 4 is 27.4 Å². The Hall–Kier alpha value is -1.89. The third-order valence-electron chi connectivity index (χ3n) is 3.58. The maximum absolute atomic E-state index is 12.5. The normalized spacial score (nSPS) is 11.6. The van der Waals surface area contributed by atoms with Crippen molar-refractivity contribution in [3.05, 3.63) is 58.6 Å². The lowest BCUT2D eigenvalue weighted by Gasteiger charge is -2.09. The zero-order valence-corrected chi connectivity index (χ0v) is 15.6. The first-order valence-corrected chi connectivity index (χ1v) is 9.71. The summed E-state index contributed by atoms with van der Waals surface area (Å²) >= 11 is 5.84. The molecule has 0 atom stereocenters. The molecule has 0 saturated heterocycles. The molecule has 134 valence electrons. The van der Waals surface area contributed by atoms with Gasteiger partial charge in [0.15, 0.2) is 5.78 Å². The molecule has 0 radical (unpaired) electrons. The summed E-state index contributed by atoms with van der Waals surface area (Å²) in [5.74, 6) is 0.910. The number of halogens is 1. The molecule has 2 aromatic rings. The maximum Gasteiger partial charge on any atom is 0.239 e. The first kappa shape index (κ1) is 19.4. The van der Waals surface area contributed by atoms with Crippen LogP contribution in [0.4, 0.5) is 0 Å². The molecule has 0 aromatic heterocycles. The molecule has 2 aromatic carbocycles. The number of hydrogen-bond donors (Lipinski definition) is 1. The first-order valence-electron chi connectivity index (χ1n) is 7.78. The minimum absolute atomic E-state index is 0.0204. The molecule has 5 nitrogen and oxygen atoms in total. The van der Waals surface area contributed by atoms with Crippen LogP contribution in [0.1, 0.15) is 36.2 Å². The highest BCUT2D eigenvalue weighted by atomic mass is 35.5. The summed E-state index contributed by atoms with van der Waals surface area (Å²) in [5, 5.41) is 5.09. The van der Waals surface area contributed by atoms with E-state index < -0.39 is 10.0 Å². The lowest BCUT2D eigenvalue weighted by Crippen LogP contribution is -2.14. The van der Waals surface area contributed by atoms with Crippen molar-refractivity contribution in [1.29, 1.82) is 0 Å². The van der Waals surface area contributed by atoms with Crippen molar-refractivity contribution in [2.24, 2.45) is 11.1 Å². The highest BCUT2D eigenvalue weighted by Gasteiger charge is 2.17. The molecule has 0 unspecified atom stereocenters. The highest BCUT2D eigenvalue weighted by molar-refractivity contribution is 7.89. The van der Waals surface area contributed by atoms with E-state index in [0.717, 1.165) is 6.42 Å². The molecular formula is C18H20ClNO4S. The van der Waals surface area contributed by atoms with Crippen molar-refractivity contribution < 1.29 is 17.9 Å². The van der Waals surface area contributed by atoms with Gasteiger partial charge in [0.1, 0.15) is 10.6 Å². The standard InChI is InChI=1S/C18H20ClNO4S/c1-12(2)9-10-24-15-6-3-13(4-7-15)18(21)14-5-8-16(19)17(11-14)25(20,22)23/h3-8,11-12H,9-10H2,1-2H3,(H2,20,22,23). The quantitative estimate of drug-likeness (QED) is 0.741. The van der Waals surface area contributed by atoms with Crippen LogP contribution in [0, 0.1) is 5.92 Å². The van der Waals surface area contributed by atoms with E-state index in [4.69, 9.17) is 21.5 Å². The van der Waals surface area contributed by atoms with Gasteiger partial charge < -0.3 is 4.74 Å². The van der Waals surface area contributed by atoms with Gasteiger partial charge in [-0.05, 0) is 54.8 Å². The summed E-state index contributed by atoms with van der Waals surface area (Å²) in [6.45, 7) is 4.85. The van der Waals surface area contributed by atoms with Gasteiger partial charge in [0.25, 0.3) is 0 Å². The number of ketones is 1. The molecule has 0 aliphatic heterocycles. The van der Waals surface area contributed by atoms with Gasteiger partial charge in [0.2, 0.25) is 10.0 Å². The number of benzene rings is 2. The molecule has 0 bridgehead atoms. The molecule has 0 spiro atoms. The zero-order chi connectivity index (χ0) is 18.6. The van der Waals surface area contributed by atoms with Gasteiger partial charge in [-0.2, -0.15) is 0 Å². The molecule has 0 aliphatic carbocycles. The molecule has 0 amide bonds. The lowest BCUT2D eigenvalue weighted by atomic mass is 10.0. The molecule has 0 heterocycles. The van der Waals surface area contributed by atoms with Gasteiger partial charge in [-0.15, -0.1) is 0 Å². The van der Waals surface area contributed by atoms with Crippen LogP contribution in [0.25, 0.3) is 0 Å². The van der Waals surface area contributed by atoms with Gasteiger partial charge in [-0.25, -0.2) is 13.6 Å². The van der Waals surface area contributed by atoms with E-state index in [1.165, 1.54) is 18.2 Å². The lowest BCUT2D eigenvalue weighted by molar-refractivity contribution is 0.103. The average Bonchev–Trinajstić information content (AvgIpc) is 2.54. The summed E-state index contributed by atoms with van der Waals surface area (Å²) < 4.78 is 28.7. The minimum atomic E-state index is -4.00. The summed E-state index contributed by atoms with van der Waals surface area (Å²) in [7, 11) is -4.00. The number of carbonyl (C=O) groups is 1. The maximum atomic E-state index is 12.5. The Kier molecular flexibility index (Phi) is 6.21. The smallest absolute Gasteiger partial charge is 0.239 e. The van der Waals surface area contributed by atoms with Crippen LogP contribution < -0.4 is 9.88 Å². The van der Waals surface area contributed by atoms with Crippen molar-refractivity contribution in [2.75, 3.05) is 6.61 Å². The van der Waals surface area contributed by atoms with E-state index in [1.807, 2.05) is 0 Å². The second-order valence-electron chi connectivity index (χ2n) is 6.07. The van der Waals surface area contributed by atoms with Crippen LogP contribution in [-0.4, -0.2) is 20.8 Å². The Labute approximate surface area is 152 Å². The number of sulfonamides is 1. The van der Waals surface area contributed by atoms with Gasteiger partial charge in [0, 0.05) is 11.1 Å². The number of ether oxygens (including phenoxy) is 1. The predicted octanol–water partition coefficient (Wildman–Crippen LogP) is 3.64. The topological polar surface area (TPSA) is 86.5 Å². The van der Waals surface area contributed by atoms with Crippen LogP contribution in [0.15, 0.2) is 47.4 Å². The molecule has 0 saturated carbocycles. The molecule has 0 aliphatic rings. The number of nitrogens with two attached hydrogens (primary N) is 1. The summed E-state index contributed by atoms with van der Waals surface area (Å²) in [5.41, 5.74) is 0.612. The molecule has 25 heavy (non-hydrogen) atoms. The van der Waals surface area contributed by atoms with Crippen LogP contribution in [-0.2, 0) is 10.0 Å². The largest absolute Gasteiger partial charge is 0.494 e. The molecule has 2 N–H and O–H groups in total. The molecule has 0 fully saturated rings. The average molecular weight is 382 g/mol. The fraction of sp³-hybridized carbons (Fsp3) is 0.278. The monoisotopic (exact) mass is 381 g/mol. The zero-order valence-electron chi connectivity index (χ0n) is 14.0. The van der Waals surface area contributed by atoms with E-state index in [2.05, 4.69) is 13.8 Å². The van der Waals surface area contributed by atoms with E-state index in [-0.39, 0.29) is 21.3 Å². The van der Waals surface area contributed by atoms with E-state index in [1.54, 1.807) is 24.3 Å². The Balaban J connectivity index is 2.18. The van der Waals surface area contributed by atoms with E-state index >= 15 is 0 Å². The van der Waals surface area contributed by atoms with E-state index in [9.17, 15) is 13.2 Å². The highest BCUT2D eigenvalue weighted by Crippen LogP contribution is 2.23. The van der Waals surface area contributed by atoms with Gasteiger partial charge in [-0.1, -0.05) is 25.4 Å². The predicted molar refractivity (Wildman–Crippen MR) is 97.6 cm³/mol. The van der Waals surface area contributed by atoms with Crippen LogP contribution in [0.2, 0.25) is 5.02 Å². The summed E-state index contributed by atoms with van der Waals surface area (Å²) in [6.07, 6.45) is 0.946. The van der Waals surface area contributed by atoms with Crippen molar-refractivity contribution in [2.45, 2.75) is 25.2 Å². The Morgan fingerprint density at radius 2 is 1.72 bits per heavy atom. The third-order valence-corrected chi connectivity index (χ3v) is 4.97. The number of hydrogen-bond acceptors (Lipinski definition) is 4. The fourth-order valence-corrected chi connectivity index (χ4v) is 3.22. The summed E-state index contributed by atoms with van der Waals surface area (Å²) in [4.78, 5) is 12.3. The molecule has 2 rings (SSSR count). The van der Waals surface area contributed by atoms with Crippen LogP contribution in [0.5, 0.6) is 5.75 Å². The van der Waals surface area contributed by atoms with Crippen molar-refractivity contribution in [1.82, 2.24) is 0 Å². The number of rotatable bonds is 7. The SMILES string of the molecule is CC(C)CCOc1ccc(C(=O)c2ccc(Cl)c(S(N)(=O)=O)c2)cc1. The molecular weight excluding hydrogens is 362 g/mol. The van der Waals surface area contributed by atoms with Gasteiger partial charge in [0.05, 0.1) is 11.6 Å². The third kappa shape index (κ3) is 5.29. The Morgan fingerprint density at radius 1 is 1.12 bits per heavy atom. The fourth-order valence-electron chi connectivity index (χ4n) is 2.14. The number of carbonyl (C=O) groups excluding carboxylic acids is 1. The van der Waals surface area contributed by atoms with Crippen LogP contribution in [0.3, 0.4) is 0 Å². The second-order valence-corrected chi connectivity index (χ2v) is 8.01. The van der Waals surface area contributed by atoms with Gasteiger partial charge >= 0.3 is 0 Å². The molecule has 7 heteroatoms.